The van der Waals surface area contributed by atoms with E-state index in [9.17, 15) is 15.0 Å². The van der Waals surface area contributed by atoms with Gasteiger partial charge < -0.3 is 54.4 Å². The van der Waals surface area contributed by atoms with Crippen molar-refractivity contribution < 1.29 is 48.2 Å². The number of hydrogen-bond acceptors (Lipinski definition) is 13. The van der Waals surface area contributed by atoms with Gasteiger partial charge in [0.05, 0.1) is 91.5 Å². The van der Waals surface area contributed by atoms with Crippen LogP contribution in [0.3, 0.4) is 0 Å². The van der Waals surface area contributed by atoms with Gasteiger partial charge in [-0.15, -0.1) is 5.10 Å². The maximum atomic E-state index is 11.3. The number of rotatable bonds is 21. The Kier molecular flexibility index (Phi) is 13.9. The average molecular weight is 562 g/mol. The highest BCUT2D eigenvalue weighted by atomic mass is 16.7. The third-order valence-electron chi connectivity index (χ3n) is 6.38. The van der Waals surface area contributed by atoms with Gasteiger partial charge in [-0.3, -0.25) is 4.79 Å². The van der Waals surface area contributed by atoms with Gasteiger partial charge in [-0.05, 0) is 0 Å². The van der Waals surface area contributed by atoms with Crippen LogP contribution in [0.4, 0.5) is 0 Å². The second-order valence-electron chi connectivity index (χ2n) is 9.46. The number of carbonyl (C=O) groups is 1. The van der Waals surface area contributed by atoms with Gasteiger partial charge in [-0.2, -0.15) is 0 Å². The quantitative estimate of drug-likeness (QED) is 0.118. The molecule has 1 aromatic rings. The molecular formula is C24H43N5O10. The van der Waals surface area contributed by atoms with Crippen LogP contribution < -0.4 is 11.1 Å². The van der Waals surface area contributed by atoms with E-state index in [1.165, 1.54) is 0 Å². The maximum absolute atomic E-state index is 11.3. The fourth-order valence-electron chi connectivity index (χ4n) is 4.09. The van der Waals surface area contributed by atoms with Crippen LogP contribution in [0.5, 0.6) is 0 Å². The fraction of sp³-hybridized carbons (Fsp3) is 0.875. The Labute approximate surface area is 228 Å². The summed E-state index contributed by atoms with van der Waals surface area (Å²) >= 11 is 0. The highest BCUT2D eigenvalue weighted by molar-refractivity contribution is 5.75. The van der Waals surface area contributed by atoms with Crippen molar-refractivity contribution in [3.8, 4) is 0 Å². The van der Waals surface area contributed by atoms with Gasteiger partial charge in [0.1, 0.15) is 17.4 Å². The molecule has 1 amide bonds. The van der Waals surface area contributed by atoms with E-state index in [2.05, 4.69) is 15.6 Å². The average Bonchev–Trinajstić information content (AvgIpc) is 3.56. The van der Waals surface area contributed by atoms with Crippen molar-refractivity contribution in [2.24, 2.45) is 11.7 Å². The van der Waals surface area contributed by atoms with Crippen LogP contribution in [0.25, 0.3) is 0 Å². The lowest BCUT2D eigenvalue weighted by molar-refractivity contribution is -0.248. The second kappa shape index (κ2) is 17.1. The van der Waals surface area contributed by atoms with Crippen LogP contribution in [-0.4, -0.2) is 134 Å². The van der Waals surface area contributed by atoms with E-state index in [0.29, 0.717) is 91.2 Å². The number of hydrogen-bond donors (Lipinski definition) is 4. The normalized spacial score (nSPS) is 26.3. The molecule has 3 heterocycles. The van der Waals surface area contributed by atoms with Crippen molar-refractivity contribution in [2.75, 3.05) is 79.2 Å². The molecular weight excluding hydrogens is 518 g/mol. The summed E-state index contributed by atoms with van der Waals surface area (Å²) in [5, 5.41) is 31.3. The third-order valence-corrected chi connectivity index (χ3v) is 6.38. The van der Waals surface area contributed by atoms with Gasteiger partial charge in [0, 0.05) is 25.4 Å². The molecule has 15 heteroatoms. The summed E-state index contributed by atoms with van der Waals surface area (Å²) in [6, 6.07) is 0. The number of nitrogens with zero attached hydrogens (tertiary/aromatic N) is 3. The molecule has 1 aromatic heterocycles. The summed E-state index contributed by atoms with van der Waals surface area (Å²) < 4.78 is 40.6. The minimum absolute atomic E-state index is 0.0871. The molecule has 39 heavy (non-hydrogen) atoms. The maximum Gasteiger partial charge on any atom is 0.221 e. The molecule has 15 nitrogen and oxygen atoms in total. The zero-order valence-corrected chi connectivity index (χ0v) is 22.6. The summed E-state index contributed by atoms with van der Waals surface area (Å²) in [4.78, 5) is 11.3. The van der Waals surface area contributed by atoms with Crippen molar-refractivity contribution in [3.05, 3.63) is 11.9 Å². The first-order valence-corrected chi connectivity index (χ1v) is 13.4. The molecule has 5 atom stereocenters. The van der Waals surface area contributed by atoms with E-state index in [1.54, 1.807) is 17.8 Å². The van der Waals surface area contributed by atoms with Crippen LogP contribution in [0.2, 0.25) is 0 Å². The number of amides is 1. The Morgan fingerprint density at radius 3 is 2.51 bits per heavy atom. The van der Waals surface area contributed by atoms with Gasteiger partial charge in [0.25, 0.3) is 0 Å². The Morgan fingerprint density at radius 2 is 1.79 bits per heavy atom. The second-order valence-corrected chi connectivity index (χ2v) is 9.46. The summed E-state index contributed by atoms with van der Waals surface area (Å²) in [5.74, 6) is -0.380. The van der Waals surface area contributed by atoms with E-state index in [4.69, 9.17) is 38.9 Å². The Hall–Kier alpha value is -1.79. The molecule has 0 saturated carbocycles. The molecule has 5 N–H and O–H groups in total. The topological polar surface area (TPSA) is 191 Å². The minimum atomic E-state index is -1.06. The molecule has 2 aliphatic rings. The van der Waals surface area contributed by atoms with Crippen molar-refractivity contribution in [1.29, 1.82) is 0 Å². The standard InChI is InChI=1S/C24H43N5O10/c1-18-21(31)22(32)24(17-38-23(18)39-24)16-37-13-12-35-11-10-34-9-8-33-7-5-29-14-19(27-28-29)15-36-6-4-26-20(30)2-3-25/h14,18,21-23,31-32H,2-13,15-17,25H2,1H3,(H,26,30)/t18-,21-,22-,23+,24+/m1/s1. The van der Waals surface area contributed by atoms with Crippen LogP contribution in [0.15, 0.2) is 6.20 Å². The number of nitrogens with two attached hydrogens (primary N) is 1. The third kappa shape index (κ3) is 10.3. The largest absolute Gasteiger partial charge is 0.390 e. The highest BCUT2D eigenvalue weighted by Crippen LogP contribution is 2.39. The lowest BCUT2D eigenvalue weighted by atomic mass is 9.86. The molecule has 0 spiro atoms. The van der Waals surface area contributed by atoms with Crippen molar-refractivity contribution >= 4 is 5.91 Å². The number of ether oxygens (including phenoxy) is 7. The first-order chi connectivity index (χ1) is 18.9. The van der Waals surface area contributed by atoms with E-state index in [1.807, 2.05) is 0 Å². The number of fused-ring (bicyclic) bond motifs is 2. The zero-order chi connectivity index (χ0) is 27.9. The summed E-state index contributed by atoms with van der Waals surface area (Å²) in [5.41, 5.74) is 4.98. The molecule has 2 saturated heterocycles. The van der Waals surface area contributed by atoms with E-state index in [-0.39, 0.29) is 25.0 Å². The molecule has 2 fully saturated rings. The zero-order valence-electron chi connectivity index (χ0n) is 22.6. The Bertz CT molecular complexity index is 833. The molecule has 2 aliphatic heterocycles. The van der Waals surface area contributed by atoms with E-state index >= 15 is 0 Å². The van der Waals surface area contributed by atoms with Gasteiger partial charge in [-0.1, -0.05) is 12.1 Å². The molecule has 2 bridgehead atoms. The summed E-state index contributed by atoms with van der Waals surface area (Å²) in [7, 11) is 0. The number of aromatic nitrogens is 3. The number of aliphatic hydroxyl groups is 2. The Morgan fingerprint density at radius 1 is 1.10 bits per heavy atom. The van der Waals surface area contributed by atoms with Crippen LogP contribution >= 0.6 is 0 Å². The first kappa shape index (κ1) is 31.7. The van der Waals surface area contributed by atoms with E-state index in [0.717, 1.165) is 0 Å². The number of carbonyl (C=O) groups excluding carboxylic acids is 1. The lowest BCUT2D eigenvalue weighted by Gasteiger charge is -2.41. The fourth-order valence-corrected chi connectivity index (χ4v) is 4.09. The van der Waals surface area contributed by atoms with Crippen LogP contribution in [0.1, 0.15) is 19.0 Å². The summed E-state index contributed by atoms with van der Waals surface area (Å²) in [6.45, 7) is 6.97. The SMILES string of the molecule is C[C@H]1[C@H]2OC[C@](COCCOCCOCCOCCn3cc(COCCNC(=O)CCN)nn3)(O2)[C@H](O)[C@@H]1O. The molecule has 224 valence electrons. The smallest absolute Gasteiger partial charge is 0.221 e. The molecule has 0 aromatic carbocycles. The van der Waals surface area contributed by atoms with Crippen molar-refractivity contribution in [2.45, 2.75) is 50.6 Å². The van der Waals surface area contributed by atoms with Gasteiger partial charge in [-0.25, -0.2) is 4.68 Å². The molecule has 0 aliphatic carbocycles. The first-order valence-electron chi connectivity index (χ1n) is 13.4. The lowest BCUT2D eigenvalue weighted by Crippen LogP contribution is -2.60. The van der Waals surface area contributed by atoms with Crippen molar-refractivity contribution in [1.82, 2.24) is 20.3 Å². The predicted molar refractivity (Wildman–Crippen MR) is 134 cm³/mol. The van der Waals surface area contributed by atoms with Gasteiger partial charge >= 0.3 is 0 Å². The number of nitrogens with one attached hydrogen (secondary N) is 1. The van der Waals surface area contributed by atoms with Crippen LogP contribution in [0, 0.1) is 5.92 Å². The monoisotopic (exact) mass is 561 g/mol. The molecule has 0 radical (unpaired) electrons. The van der Waals surface area contributed by atoms with Crippen LogP contribution in [-0.2, 0) is 51.1 Å². The molecule has 0 unspecified atom stereocenters. The van der Waals surface area contributed by atoms with Gasteiger partial charge in [0.15, 0.2) is 6.29 Å². The highest BCUT2D eigenvalue weighted by Gasteiger charge is 2.57. The van der Waals surface area contributed by atoms with Crippen molar-refractivity contribution in [3.63, 3.8) is 0 Å². The number of aliphatic hydroxyl groups excluding tert-OH is 2. The van der Waals surface area contributed by atoms with Gasteiger partial charge in [0.2, 0.25) is 5.91 Å². The minimum Gasteiger partial charge on any atom is -0.390 e. The molecule has 3 rings (SSSR count). The Balaban J connectivity index is 1.09. The van der Waals surface area contributed by atoms with E-state index < -0.39 is 24.1 Å². The predicted octanol–water partition coefficient (Wildman–Crippen LogP) is -2.19. The summed E-state index contributed by atoms with van der Waals surface area (Å²) in [6.07, 6.45) is -0.392.